The van der Waals surface area contributed by atoms with Crippen molar-refractivity contribution in [3.8, 4) is 6.07 Å². The van der Waals surface area contributed by atoms with Gasteiger partial charge in [-0.25, -0.2) is 4.39 Å². The standard InChI is InChI=1S/C14H13FN4O/c1-9-17-14(20-18-9)10-5-6-19(8-10)13-4-2-3-12(15)11(13)7-16/h2-4,10H,5-6,8H2,1H3/t10-/m1/s1. The SMILES string of the molecule is Cc1noc([C@@H]2CCN(c3cccc(F)c3C#N)C2)n1. The van der Waals surface area contributed by atoms with E-state index in [-0.39, 0.29) is 11.5 Å². The summed E-state index contributed by atoms with van der Waals surface area (Å²) >= 11 is 0. The van der Waals surface area contributed by atoms with Gasteiger partial charge in [0.1, 0.15) is 17.4 Å². The zero-order valence-electron chi connectivity index (χ0n) is 11.0. The number of hydrogen-bond acceptors (Lipinski definition) is 5. The lowest BCUT2D eigenvalue weighted by atomic mass is 10.1. The van der Waals surface area contributed by atoms with E-state index >= 15 is 0 Å². The van der Waals surface area contributed by atoms with Crippen molar-refractivity contribution in [1.82, 2.24) is 10.1 Å². The van der Waals surface area contributed by atoms with E-state index < -0.39 is 5.82 Å². The number of benzene rings is 1. The number of halogens is 1. The summed E-state index contributed by atoms with van der Waals surface area (Å²) in [6, 6.07) is 6.62. The number of hydrogen-bond donors (Lipinski definition) is 0. The second-order valence-corrected chi connectivity index (χ2v) is 4.86. The molecule has 0 radical (unpaired) electrons. The minimum atomic E-state index is -0.484. The van der Waals surface area contributed by atoms with E-state index in [1.165, 1.54) is 6.07 Å². The van der Waals surface area contributed by atoms with Crippen molar-refractivity contribution in [3.05, 3.63) is 41.3 Å². The fourth-order valence-corrected chi connectivity index (χ4v) is 2.55. The second-order valence-electron chi connectivity index (χ2n) is 4.86. The maximum atomic E-state index is 13.6. The number of nitriles is 1. The molecule has 1 aliphatic rings. The van der Waals surface area contributed by atoms with E-state index in [0.717, 1.165) is 13.0 Å². The monoisotopic (exact) mass is 272 g/mol. The molecule has 0 aliphatic carbocycles. The molecule has 20 heavy (non-hydrogen) atoms. The van der Waals surface area contributed by atoms with Gasteiger partial charge in [-0.1, -0.05) is 11.2 Å². The third-order valence-corrected chi connectivity index (χ3v) is 3.52. The molecule has 5 nitrogen and oxygen atoms in total. The van der Waals surface area contributed by atoms with Gasteiger partial charge in [0.2, 0.25) is 5.89 Å². The van der Waals surface area contributed by atoms with E-state index in [4.69, 9.17) is 9.78 Å². The topological polar surface area (TPSA) is 66.0 Å². The fourth-order valence-electron chi connectivity index (χ4n) is 2.55. The molecular weight excluding hydrogens is 259 g/mol. The zero-order valence-corrected chi connectivity index (χ0v) is 11.0. The highest BCUT2D eigenvalue weighted by molar-refractivity contribution is 5.60. The molecule has 1 aromatic carbocycles. The van der Waals surface area contributed by atoms with Crippen molar-refractivity contribution >= 4 is 5.69 Å². The first-order valence-electron chi connectivity index (χ1n) is 6.43. The lowest BCUT2D eigenvalue weighted by Gasteiger charge is -2.19. The van der Waals surface area contributed by atoms with Crippen LogP contribution in [-0.2, 0) is 0 Å². The van der Waals surface area contributed by atoms with Crippen LogP contribution in [0.5, 0.6) is 0 Å². The molecule has 3 rings (SSSR count). The third-order valence-electron chi connectivity index (χ3n) is 3.52. The first kappa shape index (κ1) is 12.6. The summed E-state index contributed by atoms with van der Waals surface area (Å²) in [5.74, 6) is 0.870. The summed E-state index contributed by atoms with van der Waals surface area (Å²) in [5, 5.41) is 12.9. The maximum absolute atomic E-state index is 13.6. The third kappa shape index (κ3) is 2.11. The molecule has 1 atom stereocenters. The smallest absolute Gasteiger partial charge is 0.231 e. The quantitative estimate of drug-likeness (QED) is 0.839. The highest BCUT2D eigenvalue weighted by Crippen LogP contribution is 2.32. The summed E-state index contributed by atoms with van der Waals surface area (Å²) in [4.78, 5) is 6.23. The molecule has 0 saturated carbocycles. The lowest BCUT2D eigenvalue weighted by molar-refractivity contribution is 0.356. The molecule has 1 aromatic heterocycles. The van der Waals surface area contributed by atoms with Crippen molar-refractivity contribution < 1.29 is 8.91 Å². The molecule has 2 aromatic rings. The summed E-state index contributed by atoms with van der Waals surface area (Å²) in [6.45, 7) is 3.17. The minimum absolute atomic E-state index is 0.0925. The number of anilines is 1. The van der Waals surface area contributed by atoms with E-state index in [9.17, 15) is 4.39 Å². The molecule has 0 spiro atoms. The molecule has 0 bridgehead atoms. The van der Waals surface area contributed by atoms with Crippen LogP contribution in [-0.4, -0.2) is 23.2 Å². The van der Waals surface area contributed by atoms with Gasteiger partial charge >= 0.3 is 0 Å². The van der Waals surface area contributed by atoms with Crippen LogP contribution in [0.2, 0.25) is 0 Å². The van der Waals surface area contributed by atoms with Gasteiger partial charge < -0.3 is 9.42 Å². The van der Waals surface area contributed by atoms with Gasteiger partial charge in [-0.2, -0.15) is 10.2 Å². The molecule has 0 amide bonds. The Kier molecular flexibility index (Phi) is 3.11. The van der Waals surface area contributed by atoms with Gasteiger partial charge in [-0.05, 0) is 25.5 Å². The van der Waals surface area contributed by atoms with Crippen molar-refractivity contribution in [2.45, 2.75) is 19.3 Å². The normalized spacial score (nSPS) is 18.2. The van der Waals surface area contributed by atoms with Crippen molar-refractivity contribution in [2.24, 2.45) is 0 Å². The average Bonchev–Trinajstić information content (AvgIpc) is 3.07. The number of aryl methyl sites for hydroxylation is 1. The van der Waals surface area contributed by atoms with Crippen LogP contribution >= 0.6 is 0 Å². The highest BCUT2D eigenvalue weighted by atomic mass is 19.1. The minimum Gasteiger partial charge on any atom is -0.370 e. The molecule has 0 unspecified atom stereocenters. The first-order valence-corrected chi connectivity index (χ1v) is 6.43. The van der Waals surface area contributed by atoms with Gasteiger partial charge in [-0.3, -0.25) is 0 Å². The Balaban J connectivity index is 1.84. The Morgan fingerprint density at radius 3 is 3.05 bits per heavy atom. The molecule has 1 aliphatic heterocycles. The fraction of sp³-hybridized carbons (Fsp3) is 0.357. The summed E-state index contributed by atoms with van der Waals surface area (Å²) in [5.41, 5.74) is 0.723. The Morgan fingerprint density at radius 2 is 2.35 bits per heavy atom. The van der Waals surface area contributed by atoms with Crippen LogP contribution < -0.4 is 4.90 Å². The molecule has 6 heteroatoms. The number of aromatic nitrogens is 2. The van der Waals surface area contributed by atoms with Crippen LogP contribution in [0.1, 0.15) is 29.6 Å². The van der Waals surface area contributed by atoms with Crippen molar-refractivity contribution in [2.75, 3.05) is 18.0 Å². The Bertz CT molecular complexity index is 676. The van der Waals surface area contributed by atoms with Crippen LogP contribution in [0.25, 0.3) is 0 Å². The maximum Gasteiger partial charge on any atom is 0.231 e. The van der Waals surface area contributed by atoms with Crippen LogP contribution in [0.15, 0.2) is 22.7 Å². The van der Waals surface area contributed by atoms with Gasteiger partial charge in [0.15, 0.2) is 5.82 Å². The Labute approximate surface area is 115 Å². The zero-order chi connectivity index (χ0) is 14.1. The van der Waals surface area contributed by atoms with E-state index in [1.54, 1.807) is 19.1 Å². The molecule has 1 fully saturated rings. The van der Waals surface area contributed by atoms with Gasteiger partial charge in [0.05, 0.1) is 11.6 Å². The predicted octanol–water partition coefficient (Wildman–Crippen LogP) is 2.38. The Morgan fingerprint density at radius 1 is 1.50 bits per heavy atom. The van der Waals surface area contributed by atoms with Crippen LogP contribution in [0.3, 0.4) is 0 Å². The molecule has 0 N–H and O–H groups in total. The van der Waals surface area contributed by atoms with Gasteiger partial charge in [0, 0.05) is 13.1 Å². The lowest BCUT2D eigenvalue weighted by Crippen LogP contribution is -2.20. The number of nitrogens with zero attached hydrogens (tertiary/aromatic N) is 4. The van der Waals surface area contributed by atoms with E-state index in [0.29, 0.717) is 23.9 Å². The second kappa shape index (κ2) is 4.93. The highest BCUT2D eigenvalue weighted by Gasteiger charge is 2.29. The predicted molar refractivity (Wildman–Crippen MR) is 69.7 cm³/mol. The average molecular weight is 272 g/mol. The Hall–Kier alpha value is -2.42. The van der Waals surface area contributed by atoms with E-state index in [1.807, 2.05) is 11.0 Å². The van der Waals surface area contributed by atoms with Crippen molar-refractivity contribution in [3.63, 3.8) is 0 Å². The first-order chi connectivity index (χ1) is 9.69. The van der Waals surface area contributed by atoms with Crippen LogP contribution in [0.4, 0.5) is 10.1 Å². The summed E-state index contributed by atoms with van der Waals surface area (Å²) < 4.78 is 18.8. The summed E-state index contributed by atoms with van der Waals surface area (Å²) in [7, 11) is 0. The summed E-state index contributed by atoms with van der Waals surface area (Å²) in [6.07, 6.45) is 0.850. The van der Waals surface area contributed by atoms with Gasteiger partial charge in [-0.15, -0.1) is 0 Å². The molecule has 1 saturated heterocycles. The van der Waals surface area contributed by atoms with Crippen molar-refractivity contribution in [1.29, 1.82) is 5.26 Å². The molecule has 2 heterocycles. The molecule has 102 valence electrons. The number of rotatable bonds is 2. The largest absolute Gasteiger partial charge is 0.370 e. The van der Waals surface area contributed by atoms with E-state index in [2.05, 4.69) is 10.1 Å². The van der Waals surface area contributed by atoms with Crippen LogP contribution in [0, 0.1) is 24.1 Å². The molecular formula is C14H13FN4O. The van der Waals surface area contributed by atoms with Gasteiger partial charge in [0.25, 0.3) is 0 Å².